The molecule has 0 radical (unpaired) electrons. The predicted molar refractivity (Wildman–Crippen MR) is 138 cm³/mol. The first-order valence-corrected chi connectivity index (χ1v) is 13.2. The van der Waals surface area contributed by atoms with E-state index in [1.54, 1.807) is 59.9 Å². The Bertz CT molecular complexity index is 1030. The topological polar surface area (TPSA) is 140 Å². The van der Waals surface area contributed by atoms with Crippen LogP contribution in [0.15, 0.2) is 64.1 Å². The molecule has 1 atom stereocenters. The van der Waals surface area contributed by atoms with Crippen molar-refractivity contribution < 1.29 is 14.4 Å². The van der Waals surface area contributed by atoms with E-state index in [1.807, 2.05) is 12.1 Å². The van der Waals surface area contributed by atoms with E-state index >= 15 is 0 Å². The number of benzene rings is 2. The third-order valence-electron chi connectivity index (χ3n) is 5.17. The average Bonchev–Trinajstić information content (AvgIpc) is 2.90. The van der Waals surface area contributed by atoms with Gasteiger partial charge in [-0.25, -0.2) is 0 Å². The van der Waals surface area contributed by atoms with Crippen LogP contribution in [-0.2, 0) is 16.3 Å². The molecule has 0 aliphatic rings. The van der Waals surface area contributed by atoms with Crippen LogP contribution in [-0.4, -0.2) is 28.7 Å². The van der Waals surface area contributed by atoms with Gasteiger partial charge in [0, 0.05) is 49.8 Å². The van der Waals surface area contributed by atoms with E-state index in [0.29, 0.717) is 11.7 Å². The third kappa shape index (κ3) is 10.4. The zero-order valence-electron chi connectivity index (χ0n) is 19.0. The van der Waals surface area contributed by atoms with E-state index in [2.05, 4.69) is 15.5 Å². The number of hydrogen-bond acceptors (Lipinski definition) is 8. The van der Waals surface area contributed by atoms with Crippen molar-refractivity contribution in [3.8, 4) is 0 Å². The summed E-state index contributed by atoms with van der Waals surface area (Å²) in [5.74, 6) is 0.201. The molecule has 0 aliphatic heterocycles. The van der Waals surface area contributed by atoms with Crippen molar-refractivity contribution in [2.75, 3.05) is 5.75 Å². The number of unbranched alkanes of at least 4 members (excludes halogenated alkanes) is 1. The molecule has 0 aliphatic carbocycles. The number of thioether (sulfide) groups is 2. The van der Waals surface area contributed by atoms with Crippen LogP contribution in [0.1, 0.15) is 63.9 Å². The maximum atomic E-state index is 11.3. The first kappa shape index (κ1) is 28.2. The van der Waals surface area contributed by atoms with Crippen LogP contribution >= 0.6 is 23.5 Å². The molecule has 1 unspecified atom stereocenters. The standard InChI is InChI=1S/C24H25N3O6S2/c28-22(25-31)4-2-1-3-21(35-16-18-7-11-20(12-8-18)24(30)27-33)13-14-34-15-17-5-9-19(10-6-17)23(29)26-32/h5-12,21H,1-4,13-16H2. The van der Waals surface area contributed by atoms with Crippen LogP contribution < -0.4 is 0 Å². The quantitative estimate of drug-likeness (QED) is 0.199. The maximum absolute atomic E-state index is 11.3. The van der Waals surface area contributed by atoms with E-state index in [-0.39, 0.29) is 17.5 Å². The summed E-state index contributed by atoms with van der Waals surface area (Å²) in [7, 11) is 0. The fourth-order valence-corrected chi connectivity index (χ4v) is 5.63. The molecule has 0 heterocycles. The Hall–Kier alpha value is -3.05. The van der Waals surface area contributed by atoms with Crippen molar-refractivity contribution in [1.82, 2.24) is 0 Å². The molecule has 184 valence electrons. The van der Waals surface area contributed by atoms with Gasteiger partial charge >= 0.3 is 11.8 Å². The van der Waals surface area contributed by atoms with Crippen molar-refractivity contribution in [3.05, 3.63) is 85.5 Å². The Morgan fingerprint density at radius 3 is 1.74 bits per heavy atom. The molecule has 35 heavy (non-hydrogen) atoms. The highest BCUT2D eigenvalue weighted by molar-refractivity contribution is 7.99. The van der Waals surface area contributed by atoms with Gasteiger partial charge in [0.15, 0.2) is 0 Å². The summed E-state index contributed by atoms with van der Waals surface area (Å²) in [6, 6.07) is 13.6. The number of nitrogens with zero attached hydrogens (tertiary/aromatic N) is 3. The number of nitroso groups, excluding NO2 is 3. The van der Waals surface area contributed by atoms with Crippen LogP contribution in [0, 0.1) is 14.7 Å². The normalized spacial score (nSPS) is 11.4. The van der Waals surface area contributed by atoms with Gasteiger partial charge in [0.05, 0.1) is 0 Å². The van der Waals surface area contributed by atoms with Crippen LogP contribution in [0.5, 0.6) is 0 Å². The number of rotatable bonds is 15. The Morgan fingerprint density at radius 1 is 0.686 bits per heavy atom. The molecule has 11 heteroatoms. The second-order valence-electron chi connectivity index (χ2n) is 7.69. The fraction of sp³-hybridized carbons (Fsp3) is 0.375. The lowest BCUT2D eigenvalue weighted by Gasteiger charge is -2.16. The highest BCUT2D eigenvalue weighted by atomic mass is 32.2. The van der Waals surface area contributed by atoms with Crippen molar-refractivity contribution in [2.24, 2.45) is 15.5 Å². The molecule has 2 aromatic rings. The number of hydrogen-bond donors (Lipinski definition) is 0. The van der Waals surface area contributed by atoms with E-state index < -0.39 is 17.7 Å². The largest absolute Gasteiger partial charge is 0.316 e. The van der Waals surface area contributed by atoms with Crippen molar-refractivity contribution in [3.63, 3.8) is 0 Å². The maximum Gasteiger partial charge on any atom is 0.316 e. The molecule has 0 fully saturated rings. The summed E-state index contributed by atoms with van der Waals surface area (Å²) in [6.07, 6.45) is 3.41. The smallest absolute Gasteiger partial charge is 0.269 e. The lowest BCUT2D eigenvalue weighted by atomic mass is 10.1. The zero-order chi connectivity index (χ0) is 25.5. The van der Waals surface area contributed by atoms with Gasteiger partial charge in [-0.05, 0) is 60.4 Å². The van der Waals surface area contributed by atoms with Crippen molar-refractivity contribution in [1.29, 1.82) is 0 Å². The van der Waals surface area contributed by atoms with Crippen LogP contribution in [0.2, 0.25) is 0 Å². The summed E-state index contributed by atoms with van der Waals surface area (Å²) in [5, 5.41) is 7.60. The molecule has 0 saturated carbocycles. The molecule has 9 nitrogen and oxygen atoms in total. The minimum Gasteiger partial charge on any atom is -0.269 e. The average molecular weight is 516 g/mol. The van der Waals surface area contributed by atoms with Crippen LogP contribution in [0.3, 0.4) is 0 Å². The first-order valence-electron chi connectivity index (χ1n) is 11.0. The number of carbonyl (C=O) groups is 3. The Balaban J connectivity index is 1.84. The summed E-state index contributed by atoms with van der Waals surface area (Å²) in [4.78, 5) is 64.7. The summed E-state index contributed by atoms with van der Waals surface area (Å²) in [5.41, 5.74) is 2.60. The minimum absolute atomic E-state index is 0.161. The molecule has 0 aromatic heterocycles. The van der Waals surface area contributed by atoms with Crippen molar-refractivity contribution >= 4 is 41.2 Å². The third-order valence-corrected chi connectivity index (χ3v) is 7.68. The Labute approximate surface area is 211 Å². The minimum atomic E-state index is -0.792. The molecule has 0 N–H and O–H groups in total. The van der Waals surface area contributed by atoms with Gasteiger partial charge in [0.25, 0.3) is 5.91 Å². The highest BCUT2D eigenvalue weighted by Crippen LogP contribution is 2.27. The van der Waals surface area contributed by atoms with Gasteiger partial charge in [0.2, 0.25) is 0 Å². The monoisotopic (exact) mass is 515 g/mol. The van der Waals surface area contributed by atoms with Crippen LogP contribution in [0.25, 0.3) is 0 Å². The van der Waals surface area contributed by atoms with E-state index in [4.69, 9.17) is 0 Å². The molecule has 0 bridgehead atoms. The summed E-state index contributed by atoms with van der Waals surface area (Å²) >= 11 is 3.54. The second kappa shape index (κ2) is 15.8. The molecular formula is C24H25N3O6S2. The molecule has 0 spiro atoms. The lowest BCUT2D eigenvalue weighted by molar-refractivity contribution is -0.118. The van der Waals surface area contributed by atoms with E-state index in [9.17, 15) is 29.1 Å². The molecule has 2 rings (SSSR count). The van der Waals surface area contributed by atoms with Gasteiger partial charge in [0.1, 0.15) is 0 Å². The van der Waals surface area contributed by atoms with Crippen molar-refractivity contribution in [2.45, 2.75) is 48.9 Å². The lowest BCUT2D eigenvalue weighted by Crippen LogP contribution is -2.06. The van der Waals surface area contributed by atoms with Gasteiger partial charge in [-0.3, -0.25) is 14.4 Å². The first-order chi connectivity index (χ1) is 17.0. The number of amides is 3. The molecule has 0 saturated heterocycles. The second-order valence-corrected chi connectivity index (χ2v) is 10.1. The molecule has 3 amide bonds. The molecular weight excluding hydrogens is 490 g/mol. The Morgan fingerprint density at radius 2 is 1.23 bits per heavy atom. The summed E-state index contributed by atoms with van der Waals surface area (Å²) in [6.45, 7) is 0. The van der Waals surface area contributed by atoms with Gasteiger partial charge in [-0.2, -0.15) is 23.5 Å². The van der Waals surface area contributed by atoms with E-state index in [0.717, 1.165) is 47.6 Å². The fourth-order valence-electron chi connectivity index (χ4n) is 3.22. The van der Waals surface area contributed by atoms with Gasteiger partial charge in [-0.15, -0.1) is 14.7 Å². The SMILES string of the molecule is O=NC(=O)CCCCC(CCSCc1ccc(C(=O)N=O)cc1)SCc1ccc(C(=O)N=O)cc1. The van der Waals surface area contributed by atoms with E-state index in [1.165, 1.54) is 0 Å². The zero-order valence-corrected chi connectivity index (χ0v) is 20.6. The molecule has 2 aromatic carbocycles. The highest BCUT2D eigenvalue weighted by Gasteiger charge is 2.12. The van der Waals surface area contributed by atoms with Crippen LogP contribution in [0.4, 0.5) is 0 Å². The number of carbonyl (C=O) groups excluding carboxylic acids is 3. The summed E-state index contributed by atoms with van der Waals surface area (Å²) < 4.78 is 0. The van der Waals surface area contributed by atoms with Gasteiger partial charge in [-0.1, -0.05) is 30.7 Å². The predicted octanol–water partition coefficient (Wildman–Crippen LogP) is 6.28. The van der Waals surface area contributed by atoms with Gasteiger partial charge < -0.3 is 0 Å². The Kier molecular flexibility index (Phi) is 12.7.